The van der Waals surface area contributed by atoms with Crippen LogP contribution in [0.5, 0.6) is 0 Å². The van der Waals surface area contributed by atoms with E-state index in [0.717, 1.165) is 0 Å². The van der Waals surface area contributed by atoms with Crippen LogP contribution < -0.4 is 10.2 Å². The van der Waals surface area contributed by atoms with Gasteiger partial charge in [-0.15, -0.1) is 0 Å². The van der Waals surface area contributed by atoms with Crippen LogP contribution >= 0.6 is 0 Å². The van der Waals surface area contributed by atoms with E-state index in [4.69, 9.17) is 9.26 Å². The Balaban J connectivity index is 1.26. The maximum atomic E-state index is 14.4. The number of aryl methyl sites for hydroxylation is 1. The number of hydrogen-bond donors (Lipinski definition) is 1. The second-order valence-electron chi connectivity index (χ2n) is 7.19. The third kappa shape index (κ3) is 5.43. The first-order valence-electron chi connectivity index (χ1n) is 10.1. The SMILES string of the molecule is O=C(CCCc1nc(-c2ccc(F)cc2)no1)Nc1ccc(N2CCOCC2)c(F)c1. The summed E-state index contributed by atoms with van der Waals surface area (Å²) >= 11 is 0. The number of aromatic nitrogens is 2. The molecule has 0 radical (unpaired) electrons. The highest BCUT2D eigenvalue weighted by atomic mass is 19.1. The van der Waals surface area contributed by atoms with Crippen molar-refractivity contribution in [3.05, 3.63) is 60.0 Å². The van der Waals surface area contributed by atoms with E-state index < -0.39 is 0 Å². The molecule has 0 saturated carbocycles. The lowest BCUT2D eigenvalue weighted by molar-refractivity contribution is -0.116. The first-order chi connectivity index (χ1) is 15.1. The van der Waals surface area contributed by atoms with Gasteiger partial charge >= 0.3 is 0 Å². The molecule has 2 aromatic carbocycles. The van der Waals surface area contributed by atoms with Crippen LogP contribution in [0.15, 0.2) is 47.0 Å². The van der Waals surface area contributed by atoms with Gasteiger partial charge in [0.25, 0.3) is 0 Å². The van der Waals surface area contributed by atoms with Gasteiger partial charge < -0.3 is 19.5 Å². The summed E-state index contributed by atoms with van der Waals surface area (Å²) in [6.07, 6.45) is 1.14. The van der Waals surface area contributed by atoms with Gasteiger partial charge in [0.05, 0.1) is 18.9 Å². The van der Waals surface area contributed by atoms with Gasteiger partial charge in [0.2, 0.25) is 17.6 Å². The zero-order valence-corrected chi connectivity index (χ0v) is 16.8. The van der Waals surface area contributed by atoms with E-state index in [2.05, 4.69) is 15.5 Å². The molecule has 1 aliphatic rings. The summed E-state index contributed by atoms with van der Waals surface area (Å²) in [5.74, 6) is -0.173. The Morgan fingerprint density at radius 1 is 1.10 bits per heavy atom. The third-order valence-corrected chi connectivity index (χ3v) is 4.95. The van der Waals surface area contributed by atoms with Crippen molar-refractivity contribution < 1.29 is 22.8 Å². The van der Waals surface area contributed by atoms with E-state index in [1.165, 1.54) is 18.2 Å². The van der Waals surface area contributed by atoms with Crippen molar-refractivity contribution in [2.24, 2.45) is 0 Å². The average molecular weight is 428 g/mol. The molecule has 7 nitrogen and oxygen atoms in total. The van der Waals surface area contributed by atoms with Crippen molar-refractivity contribution in [1.82, 2.24) is 10.1 Å². The Morgan fingerprint density at radius 2 is 1.87 bits per heavy atom. The van der Waals surface area contributed by atoms with Crippen molar-refractivity contribution in [1.29, 1.82) is 0 Å². The summed E-state index contributed by atoms with van der Waals surface area (Å²) in [7, 11) is 0. The number of nitrogens with zero attached hydrogens (tertiary/aromatic N) is 3. The zero-order valence-electron chi connectivity index (χ0n) is 16.8. The molecule has 0 aliphatic carbocycles. The van der Waals surface area contributed by atoms with Crippen molar-refractivity contribution >= 4 is 17.3 Å². The number of halogens is 2. The summed E-state index contributed by atoms with van der Waals surface area (Å²) in [4.78, 5) is 18.4. The molecule has 1 saturated heterocycles. The van der Waals surface area contributed by atoms with Gasteiger partial charge in [-0.1, -0.05) is 5.16 Å². The number of hydrogen-bond acceptors (Lipinski definition) is 6. The lowest BCUT2D eigenvalue weighted by Crippen LogP contribution is -2.36. The molecule has 9 heteroatoms. The van der Waals surface area contributed by atoms with Crippen molar-refractivity contribution in [3.8, 4) is 11.4 Å². The maximum Gasteiger partial charge on any atom is 0.226 e. The largest absolute Gasteiger partial charge is 0.378 e. The molecule has 1 aliphatic heterocycles. The van der Waals surface area contributed by atoms with Crippen LogP contribution in [0, 0.1) is 11.6 Å². The van der Waals surface area contributed by atoms with Crippen LogP contribution in [0.4, 0.5) is 20.2 Å². The van der Waals surface area contributed by atoms with Crippen LogP contribution in [0.3, 0.4) is 0 Å². The topological polar surface area (TPSA) is 80.5 Å². The number of nitrogens with one attached hydrogen (secondary N) is 1. The number of rotatable bonds is 7. The highest BCUT2D eigenvalue weighted by molar-refractivity contribution is 5.90. The van der Waals surface area contributed by atoms with Crippen molar-refractivity contribution in [2.45, 2.75) is 19.3 Å². The highest BCUT2D eigenvalue weighted by Crippen LogP contribution is 2.24. The predicted octanol–water partition coefficient (Wildman–Crippen LogP) is 3.81. The second kappa shape index (κ2) is 9.65. The molecule has 1 fully saturated rings. The number of carbonyl (C=O) groups is 1. The molecule has 31 heavy (non-hydrogen) atoms. The second-order valence-corrected chi connectivity index (χ2v) is 7.19. The normalized spacial score (nSPS) is 13.9. The van der Waals surface area contributed by atoms with E-state index in [0.29, 0.717) is 67.8 Å². The lowest BCUT2D eigenvalue weighted by Gasteiger charge is -2.29. The standard InChI is InChI=1S/C22H22F2N4O3/c23-16-6-4-15(5-7-16)22-26-21(31-27-22)3-1-2-20(29)25-17-8-9-19(18(24)14-17)28-10-12-30-13-11-28/h4-9,14H,1-3,10-13H2,(H,25,29). The predicted molar refractivity (Wildman–Crippen MR) is 111 cm³/mol. The molecule has 2 heterocycles. The fraction of sp³-hybridized carbons (Fsp3) is 0.318. The molecular weight excluding hydrogens is 406 g/mol. The van der Waals surface area contributed by atoms with Gasteiger partial charge in [0, 0.05) is 37.2 Å². The Labute approximate surface area is 178 Å². The highest BCUT2D eigenvalue weighted by Gasteiger charge is 2.16. The molecule has 162 valence electrons. The third-order valence-electron chi connectivity index (χ3n) is 4.95. The van der Waals surface area contributed by atoms with Gasteiger partial charge in [0.1, 0.15) is 11.6 Å². The molecule has 0 bridgehead atoms. The van der Waals surface area contributed by atoms with Crippen LogP contribution in [-0.2, 0) is 16.0 Å². The maximum absolute atomic E-state index is 14.4. The van der Waals surface area contributed by atoms with E-state index in [9.17, 15) is 13.6 Å². The number of benzene rings is 2. The summed E-state index contributed by atoms with van der Waals surface area (Å²) in [5.41, 5.74) is 1.57. The number of ether oxygens (including phenoxy) is 1. The smallest absolute Gasteiger partial charge is 0.226 e. The fourth-order valence-corrected chi connectivity index (χ4v) is 3.34. The molecule has 1 amide bonds. The van der Waals surface area contributed by atoms with E-state index in [1.807, 2.05) is 4.90 Å². The van der Waals surface area contributed by atoms with Crippen molar-refractivity contribution in [3.63, 3.8) is 0 Å². The van der Waals surface area contributed by atoms with Crippen LogP contribution in [0.25, 0.3) is 11.4 Å². The minimum absolute atomic E-state index is 0.223. The monoisotopic (exact) mass is 428 g/mol. The summed E-state index contributed by atoms with van der Waals surface area (Å²) < 4.78 is 37.9. The molecule has 1 N–H and O–H groups in total. The molecule has 3 aromatic rings. The molecule has 0 spiro atoms. The Bertz CT molecular complexity index is 1030. The number of anilines is 2. The quantitative estimate of drug-likeness (QED) is 0.616. The summed E-state index contributed by atoms with van der Waals surface area (Å²) in [5, 5.41) is 6.59. The number of carbonyl (C=O) groups excluding carboxylic acids is 1. The van der Waals surface area contributed by atoms with Crippen LogP contribution in [0.1, 0.15) is 18.7 Å². The van der Waals surface area contributed by atoms with Crippen LogP contribution in [0.2, 0.25) is 0 Å². The van der Waals surface area contributed by atoms with Gasteiger partial charge in [0.15, 0.2) is 0 Å². The summed E-state index contributed by atoms with van der Waals surface area (Å²) in [6.45, 7) is 2.43. The molecular formula is C22H22F2N4O3. The average Bonchev–Trinajstić information content (AvgIpc) is 3.24. The van der Waals surface area contributed by atoms with Crippen LogP contribution in [-0.4, -0.2) is 42.4 Å². The first-order valence-corrected chi connectivity index (χ1v) is 10.1. The Kier molecular flexibility index (Phi) is 6.51. The van der Waals surface area contributed by atoms with Crippen molar-refractivity contribution in [2.75, 3.05) is 36.5 Å². The van der Waals surface area contributed by atoms with E-state index >= 15 is 0 Å². The van der Waals surface area contributed by atoms with Gasteiger partial charge in [-0.25, -0.2) is 8.78 Å². The first kappa shape index (κ1) is 20.9. The van der Waals surface area contributed by atoms with E-state index in [-0.39, 0.29) is 24.0 Å². The zero-order chi connectivity index (χ0) is 21.6. The minimum Gasteiger partial charge on any atom is -0.378 e. The van der Waals surface area contributed by atoms with Gasteiger partial charge in [-0.2, -0.15) is 4.98 Å². The Morgan fingerprint density at radius 3 is 2.61 bits per heavy atom. The fourth-order valence-electron chi connectivity index (χ4n) is 3.34. The van der Waals surface area contributed by atoms with E-state index in [1.54, 1.807) is 24.3 Å². The molecule has 0 unspecified atom stereocenters. The number of amides is 1. The Hall–Kier alpha value is -3.33. The lowest BCUT2D eigenvalue weighted by atomic mass is 10.2. The van der Waals surface area contributed by atoms with Gasteiger partial charge in [-0.3, -0.25) is 4.79 Å². The molecule has 4 rings (SSSR count). The summed E-state index contributed by atoms with van der Waals surface area (Å²) in [6, 6.07) is 10.5. The number of morpholine rings is 1. The molecule has 1 aromatic heterocycles. The minimum atomic E-state index is -0.376. The molecule has 0 atom stereocenters. The van der Waals surface area contributed by atoms with Gasteiger partial charge in [-0.05, 0) is 48.9 Å².